The van der Waals surface area contributed by atoms with Gasteiger partial charge in [0.15, 0.2) is 12.3 Å². The van der Waals surface area contributed by atoms with Crippen LogP contribution in [0.25, 0.3) is 0 Å². The predicted molar refractivity (Wildman–Crippen MR) is 110 cm³/mol. The third-order valence-electron chi connectivity index (χ3n) is 4.36. The van der Waals surface area contributed by atoms with Crippen LogP contribution < -0.4 is 4.74 Å². The number of Topliss-reactive ketones (excluding diaryl/α,β-unsaturated/α-hetero) is 1. The van der Waals surface area contributed by atoms with Crippen LogP contribution in [0.3, 0.4) is 0 Å². The molecule has 1 N–H and O–H groups in total. The zero-order chi connectivity index (χ0) is 20.4. The molecule has 0 amide bonds. The van der Waals surface area contributed by atoms with Crippen LogP contribution in [0.2, 0.25) is 0 Å². The highest BCUT2D eigenvalue weighted by Crippen LogP contribution is 2.14. The number of hydroxylamine groups is 1. The molecule has 0 unspecified atom stereocenters. The summed E-state index contributed by atoms with van der Waals surface area (Å²) in [5, 5.41) is 24.8. The first-order valence-corrected chi connectivity index (χ1v) is 9.39. The van der Waals surface area contributed by atoms with Crippen molar-refractivity contribution in [2.45, 2.75) is 33.1 Å². The minimum atomic E-state index is -0.377. The monoisotopic (exact) mass is 382 g/mol. The molecular weight excluding hydrogens is 356 g/mol. The Bertz CT molecular complexity index is 827. The van der Waals surface area contributed by atoms with Crippen LogP contribution in [-0.2, 0) is 0 Å². The maximum absolute atomic E-state index is 12.6. The van der Waals surface area contributed by atoms with E-state index in [2.05, 4.69) is 12.1 Å². The Kier molecular flexibility index (Phi) is 8.21. The summed E-state index contributed by atoms with van der Waals surface area (Å²) in [7, 11) is 0. The third kappa shape index (κ3) is 5.94. The van der Waals surface area contributed by atoms with Crippen LogP contribution >= 0.6 is 0 Å². The molecule has 0 saturated heterocycles. The van der Waals surface area contributed by atoms with Crippen LogP contribution in [0.4, 0.5) is 0 Å². The van der Waals surface area contributed by atoms with Crippen LogP contribution in [0, 0.1) is 5.21 Å². The summed E-state index contributed by atoms with van der Waals surface area (Å²) in [4.78, 5) is 12.6. The maximum atomic E-state index is 12.6. The molecular formula is C22H26N2O4. The van der Waals surface area contributed by atoms with Gasteiger partial charge >= 0.3 is 0 Å². The van der Waals surface area contributed by atoms with Crippen LogP contribution in [0.15, 0.2) is 59.8 Å². The molecule has 0 bridgehead atoms. The summed E-state index contributed by atoms with van der Waals surface area (Å²) in [6, 6.07) is 15.6. The number of ether oxygens (including phenoxy) is 1. The lowest BCUT2D eigenvalue weighted by Gasteiger charge is -2.10. The Hall–Kier alpha value is -3.15. The lowest BCUT2D eigenvalue weighted by atomic mass is 10.1. The topological polar surface area (TPSA) is 85.0 Å². The Labute approximate surface area is 165 Å². The smallest absolute Gasteiger partial charge is 0.252 e. The fourth-order valence-corrected chi connectivity index (χ4v) is 2.63. The molecule has 2 rings (SSSR count). The summed E-state index contributed by atoms with van der Waals surface area (Å²) in [6.45, 7) is 4.01. The molecule has 0 aliphatic carbocycles. The van der Waals surface area contributed by atoms with Gasteiger partial charge in [-0.3, -0.25) is 4.79 Å². The van der Waals surface area contributed by atoms with E-state index < -0.39 is 0 Å². The fraction of sp³-hybridized carbons (Fsp3) is 0.318. The normalized spacial score (nSPS) is 12.4. The number of carbonyl (C=O) groups excluding carboxylic acids is 1. The van der Waals surface area contributed by atoms with Crippen molar-refractivity contribution in [1.82, 2.24) is 0 Å². The predicted octanol–water partition coefficient (Wildman–Crippen LogP) is 4.29. The SMILES string of the molecule is CCCCCOc1ccc(C(=O)/C(C)=[N+](/[O-])C/C(=N/O)c2ccccc2)cc1. The molecule has 0 radical (unpaired) electrons. The Morgan fingerprint density at radius 1 is 1.07 bits per heavy atom. The van der Waals surface area contributed by atoms with Gasteiger partial charge in [-0.2, -0.15) is 4.74 Å². The van der Waals surface area contributed by atoms with Gasteiger partial charge in [0.05, 0.1) is 6.61 Å². The van der Waals surface area contributed by atoms with Gasteiger partial charge < -0.3 is 15.2 Å². The van der Waals surface area contributed by atoms with Crippen molar-refractivity contribution in [1.29, 1.82) is 0 Å². The minimum Gasteiger partial charge on any atom is -0.623 e. The van der Waals surface area contributed by atoms with E-state index in [1.807, 2.05) is 6.07 Å². The van der Waals surface area contributed by atoms with E-state index in [0.29, 0.717) is 28.2 Å². The van der Waals surface area contributed by atoms with Crippen molar-refractivity contribution in [3.05, 3.63) is 70.9 Å². The average Bonchev–Trinajstić information content (AvgIpc) is 2.75. The zero-order valence-corrected chi connectivity index (χ0v) is 16.3. The Morgan fingerprint density at radius 3 is 2.36 bits per heavy atom. The van der Waals surface area contributed by atoms with Gasteiger partial charge in [-0.1, -0.05) is 55.3 Å². The minimum absolute atomic E-state index is 0.0219. The van der Waals surface area contributed by atoms with E-state index >= 15 is 0 Å². The van der Waals surface area contributed by atoms with Crippen molar-refractivity contribution in [3.8, 4) is 5.75 Å². The summed E-state index contributed by atoms with van der Waals surface area (Å²) in [5.41, 5.74) is 1.24. The first-order chi connectivity index (χ1) is 13.6. The second-order valence-electron chi connectivity index (χ2n) is 6.44. The van der Waals surface area contributed by atoms with Gasteiger partial charge in [-0.15, -0.1) is 0 Å². The van der Waals surface area contributed by atoms with E-state index in [0.717, 1.165) is 19.3 Å². The number of ketones is 1. The molecule has 2 aromatic carbocycles. The molecule has 2 aromatic rings. The molecule has 0 fully saturated rings. The number of nitrogens with zero attached hydrogens (tertiary/aromatic N) is 2. The third-order valence-corrected chi connectivity index (χ3v) is 4.36. The van der Waals surface area contributed by atoms with Crippen LogP contribution in [-0.4, -0.2) is 40.3 Å². The first-order valence-electron chi connectivity index (χ1n) is 9.39. The van der Waals surface area contributed by atoms with E-state index in [1.54, 1.807) is 48.5 Å². The van der Waals surface area contributed by atoms with Crippen molar-refractivity contribution in [2.75, 3.05) is 13.2 Å². The molecule has 0 atom stereocenters. The molecule has 0 spiro atoms. The van der Waals surface area contributed by atoms with Crippen molar-refractivity contribution in [3.63, 3.8) is 0 Å². The van der Waals surface area contributed by atoms with Crippen molar-refractivity contribution in [2.24, 2.45) is 5.16 Å². The first kappa shape index (κ1) is 21.2. The fourth-order valence-electron chi connectivity index (χ4n) is 2.63. The van der Waals surface area contributed by atoms with Gasteiger partial charge in [-0.25, -0.2) is 0 Å². The lowest BCUT2D eigenvalue weighted by Crippen LogP contribution is -2.27. The highest BCUT2D eigenvalue weighted by molar-refractivity contribution is 6.43. The molecule has 6 heteroatoms. The van der Waals surface area contributed by atoms with E-state index in [4.69, 9.17) is 4.74 Å². The highest BCUT2D eigenvalue weighted by Gasteiger charge is 2.19. The number of rotatable bonds is 10. The van der Waals surface area contributed by atoms with Gasteiger partial charge in [-0.05, 0) is 30.7 Å². The van der Waals surface area contributed by atoms with Crippen molar-refractivity contribution >= 4 is 17.2 Å². The van der Waals surface area contributed by atoms with Gasteiger partial charge in [0, 0.05) is 18.1 Å². The highest BCUT2D eigenvalue weighted by atomic mass is 16.5. The number of benzene rings is 2. The maximum Gasteiger partial charge on any atom is 0.252 e. The number of oxime groups is 1. The quantitative estimate of drug-likeness (QED) is 0.126. The van der Waals surface area contributed by atoms with Gasteiger partial charge in [0.2, 0.25) is 5.71 Å². The molecule has 6 nitrogen and oxygen atoms in total. The standard InChI is InChI=1S/C22H26N2O4/c1-3-4-8-15-28-20-13-11-19(12-14-20)22(25)17(2)24(27)16-21(23-26)18-9-6-5-7-10-18/h5-7,9-14,26H,3-4,8,15-16H2,1-2H3/b23-21-,24-17+. The second kappa shape index (κ2) is 10.9. The van der Waals surface area contributed by atoms with E-state index in [-0.39, 0.29) is 23.8 Å². The Balaban J connectivity index is 2.05. The number of hydrogen-bond donors (Lipinski definition) is 1. The average molecular weight is 382 g/mol. The molecule has 0 heterocycles. The van der Waals surface area contributed by atoms with Gasteiger partial charge in [0.1, 0.15) is 5.75 Å². The summed E-state index contributed by atoms with van der Waals surface area (Å²) < 4.78 is 6.17. The number of hydrogen-bond acceptors (Lipinski definition) is 5. The largest absolute Gasteiger partial charge is 0.623 e. The lowest BCUT2D eigenvalue weighted by molar-refractivity contribution is -0.439. The van der Waals surface area contributed by atoms with Crippen molar-refractivity contribution < 1.29 is 19.5 Å². The molecule has 148 valence electrons. The molecule has 0 saturated carbocycles. The molecule has 0 aliphatic heterocycles. The van der Waals surface area contributed by atoms with Crippen LogP contribution in [0.5, 0.6) is 5.75 Å². The molecule has 0 aromatic heterocycles. The summed E-state index contributed by atoms with van der Waals surface area (Å²) in [6.07, 6.45) is 3.24. The molecule has 0 aliphatic rings. The van der Waals surface area contributed by atoms with Gasteiger partial charge in [0.25, 0.3) is 5.78 Å². The molecule has 28 heavy (non-hydrogen) atoms. The zero-order valence-electron chi connectivity index (χ0n) is 16.3. The Morgan fingerprint density at radius 2 is 1.75 bits per heavy atom. The summed E-state index contributed by atoms with van der Waals surface area (Å²) in [5.74, 6) is 0.320. The van der Waals surface area contributed by atoms with E-state index in [1.165, 1.54) is 6.92 Å². The second-order valence-corrected chi connectivity index (χ2v) is 6.44. The van der Waals surface area contributed by atoms with E-state index in [9.17, 15) is 15.2 Å². The summed E-state index contributed by atoms with van der Waals surface area (Å²) >= 11 is 0. The van der Waals surface area contributed by atoms with Crippen LogP contribution in [0.1, 0.15) is 49.0 Å². The number of carbonyl (C=O) groups is 1. The number of unbranched alkanes of at least 4 members (excludes halogenated alkanes) is 2.